The fourth-order valence-electron chi connectivity index (χ4n) is 4.68. The Hall–Kier alpha value is -1.99. The van der Waals surface area contributed by atoms with E-state index in [0.29, 0.717) is 11.0 Å². The Bertz CT molecular complexity index is 860. The average molecular weight is 416 g/mol. The van der Waals surface area contributed by atoms with Gasteiger partial charge in [-0.2, -0.15) is 0 Å². The quantitative estimate of drug-likeness (QED) is 0.213. The summed E-state index contributed by atoms with van der Waals surface area (Å²) in [6.07, 6.45) is 30.0. The van der Waals surface area contributed by atoms with Crippen LogP contribution < -0.4 is 5.32 Å². The third kappa shape index (κ3) is 6.02. The summed E-state index contributed by atoms with van der Waals surface area (Å²) in [7, 11) is 3.82. The molecule has 0 bridgehead atoms. The first kappa shape index (κ1) is 22.7. The SMILES string of the molecule is B=C(C#C)/C(C=N)=C/NC1C=CC=C(C2=C(S)C(CCC3CCCCC3)=CCC2)C1. The number of rotatable bonds is 8. The van der Waals surface area contributed by atoms with Gasteiger partial charge in [0.2, 0.25) is 0 Å². The predicted octanol–water partition coefficient (Wildman–Crippen LogP) is 5.34. The first-order chi connectivity index (χ1) is 14.6. The maximum absolute atomic E-state index is 7.53. The Balaban J connectivity index is 1.63. The molecular formula is C26H33BN2S. The van der Waals surface area contributed by atoms with Crippen molar-refractivity contribution in [2.45, 2.75) is 70.3 Å². The number of allylic oxidation sites excluding steroid dienone is 6. The standard InChI is InChI=1S/C26H33BN2S/c1-2-25(27)22(17-28)18-29-23-12-6-11-21(16-23)24-13-7-10-20(26(24)30)15-14-19-8-4-3-5-9-19/h1,6,10-12,17-19,23,27-30H,3-5,7-9,13-16H2/b22-18+,28-17?. The van der Waals surface area contributed by atoms with Crippen LogP contribution in [0.15, 0.2) is 57.7 Å². The number of terminal acetylenes is 1. The van der Waals surface area contributed by atoms with Gasteiger partial charge in [-0.05, 0) is 5.92 Å². The maximum atomic E-state index is 7.53. The number of nitrogens with one attached hydrogen (secondary N) is 2. The Labute approximate surface area is 188 Å². The second kappa shape index (κ2) is 11.4. The van der Waals surface area contributed by atoms with Crippen molar-refractivity contribution in [3.05, 3.63) is 57.7 Å². The van der Waals surface area contributed by atoms with Crippen molar-refractivity contribution in [2.24, 2.45) is 5.92 Å². The van der Waals surface area contributed by atoms with Gasteiger partial charge in [-0.3, -0.25) is 0 Å². The van der Waals surface area contributed by atoms with Gasteiger partial charge in [-0.1, -0.05) is 32.1 Å². The van der Waals surface area contributed by atoms with Crippen molar-refractivity contribution in [2.75, 3.05) is 0 Å². The molecule has 0 radical (unpaired) electrons. The van der Waals surface area contributed by atoms with Crippen LogP contribution in [0.2, 0.25) is 0 Å². The van der Waals surface area contributed by atoms with Gasteiger partial charge in [0.15, 0.2) is 0 Å². The van der Waals surface area contributed by atoms with E-state index in [0.717, 1.165) is 31.6 Å². The molecule has 2 N–H and O–H groups in total. The molecule has 1 saturated carbocycles. The Morgan fingerprint density at radius 1 is 1.33 bits per heavy atom. The zero-order chi connectivity index (χ0) is 21.3. The number of thiol groups is 1. The van der Waals surface area contributed by atoms with Gasteiger partial charge in [0.1, 0.15) is 0 Å². The molecule has 1 atom stereocenters. The molecule has 0 spiro atoms. The van der Waals surface area contributed by atoms with Crippen LogP contribution in [0.5, 0.6) is 0 Å². The fourth-order valence-corrected chi connectivity index (χ4v) is 5.14. The fraction of sp³-hybridized carbons (Fsp3) is 0.462. The molecule has 0 heterocycles. The molecule has 1 fully saturated rings. The predicted molar refractivity (Wildman–Crippen MR) is 136 cm³/mol. The summed E-state index contributed by atoms with van der Waals surface area (Å²) in [5.74, 6) is 3.41. The van der Waals surface area contributed by atoms with Crippen molar-refractivity contribution >= 4 is 31.8 Å². The van der Waals surface area contributed by atoms with Gasteiger partial charge >= 0.3 is 151 Å². The topological polar surface area (TPSA) is 35.9 Å². The monoisotopic (exact) mass is 416 g/mol. The van der Waals surface area contributed by atoms with Crippen LogP contribution in [-0.4, -0.2) is 25.2 Å². The van der Waals surface area contributed by atoms with Gasteiger partial charge in [0, 0.05) is 0 Å². The molecule has 3 rings (SSSR count). The molecule has 3 aliphatic carbocycles. The van der Waals surface area contributed by atoms with E-state index in [1.807, 2.05) is 0 Å². The summed E-state index contributed by atoms with van der Waals surface area (Å²) in [6, 6.07) is 0.177. The molecule has 0 amide bonds. The zero-order valence-electron chi connectivity index (χ0n) is 17.9. The average Bonchev–Trinajstić information content (AvgIpc) is 2.79. The third-order valence-corrected chi connectivity index (χ3v) is 7.08. The van der Waals surface area contributed by atoms with Gasteiger partial charge < -0.3 is 0 Å². The molecule has 156 valence electrons. The minimum absolute atomic E-state index is 0.177. The van der Waals surface area contributed by atoms with Crippen LogP contribution in [0.25, 0.3) is 0 Å². The van der Waals surface area contributed by atoms with Gasteiger partial charge in [-0.25, -0.2) is 0 Å². The summed E-state index contributed by atoms with van der Waals surface area (Å²) < 4.78 is 0. The van der Waals surface area contributed by atoms with E-state index < -0.39 is 0 Å². The van der Waals surface area contributed by atoms with Crippen LogP contribution >= 0.6 is 12.6 Å². The molecule has 0 aromatic rings. The summed E-state index contributed by atoms with van der Waals surface area (Å²) in [5.41, 5.74) is 5.38. The third-order valence-electron chi connectivity index (χ3n) is 6.52. The molecule has 3 aliphatic rings. The van der Waals surface area contributed by atoms with Crippen molar-refractivity contribution in [1.82, 2.24) is 5.32 Å². The van der Waals surface area contributed by atoms with Crippen molar-refractivity contribution in [3.8, 4) is 12.3 Å². The summed E-state index contributed by atoms with van der Waals surface area (Å²) in [4.78, 5) is 1.20. The summed E-state index contributed by atoms with van der Waals surface area (Å²) in [5, 5.41) is 10.9. The molecule has 0 aromatic heterocycles. The van der Waals surface area contributed by atoms with Crippen molar-refractivity contribution < 1.29 is 0 Å². The summed E-state index contributed by atoms with van der Waals surface area (Å²) in [6.45, 7) is 0. The Morgan fingerprint density at radius 2 is 2.13 bits per heavy atom. The molecular weight excluding hydrogens is 383 g/mol. The Kier molecular flexibility index (Phi) is 8.64. The summed E-state index contributed by atoms with van der Waals surface area (Å²) >= 11 is 4.98. The first-order valence-corrected chi connectivity index (χ1v) is 11.7. The molecule has 0 saturated heterocycles. The molecule has 1 unspecified atom stereocenters. The van der Waals surface area contributed by atoms with E-state index in [2.05, 4.69) is 43.0 Å². The molecule has 4 heteroatoms. The van der Waals surface area contributed by atoms with Gasteiger partial charge in [0.25, 0.3) is 0 Å². The van der Waals surface area contributed by atoms with Crippen LogP contribution in [0, 0.1) is 23.7 Å². The van der Waals surface area contributed by atoms with E-state index in [-0.39, 0.29) is 6.04 Å². The number of hydrogen-bond donors (Lipinski definition) is 3. The van der Waals surface area contributed by atoms with Crippen LogP contribution in [0.3, 0.4) is 0 Å². The second-order valence-corrected chi connectivity index (χ2v) is 9.01. The molecule has 0 aromatic carbocycles. The normalized spacial score (nSPS) is 22.8. The van der Waals surface area contributed by atoms with Crippen molar-refractivity contribution in [1.29, 1.82) is 5.41 Å². The molecule has 2 nitrogen and oxygen atoms in total. The Morgan fingerprint density at radius 3 is 2.87 bits per heavy atom. The van der Waals surface area contributed by atoms with Crippen LogP contribution in [0.4, 0.5) is 0 Å². The van der Waals surface area contributed by atoms with Crippen molar-refractivity contribution in [3.63, 3.8) is 0 Å². The second-order valence-electron chi connectivity index (χ2n) is 8.56. The van der Waals surface area contributed by atoms with Gasteiger partial charge in [0.05, 0.1) is 0 Å². The van der Waals surface area contributed by atoms with E-state index in [1.54, 1.807) is 6.20 Å². The van der Waals surface area contributed by atoms with E-state index in [9.17, 15) is 0 Å². The number of hydrogen-bond acceptors (Lipinski definition) is 3. The van der Waals surface area contributed by atoms with Crippen LogP contribution in [-0.2, 0) is 0 Å². The van der Waals surface area contributed by atoms with E-state index >= 15 is 0 Å². The van der Waals surface area contributed by atoms with E-state index in [1.165, 1.54) is 66.4 Å². The molecule has 0 aliphatic heterocycles. The zero-order valence-corrected chi connectivity index (χ0v) is 18.8. The molecule has 30 heavy (non-hydrogen) atoms. The minimum atomic E-state index is 0.177. The van der Waals surface area contributed by atoms with Gasteiger partial charge in [-0.15, -0.1) is 0 Å². The van der Waals surface area contributed by atoms with E-state index in [4.69, 9.17) is 24.5 Å². The van der Waals surface area contributed by atoms with Crippen LogP contribution in [0.1, 0.15) is 64.2 Å². The first-order valence-electron chi connectivity index (χ1n) is 11.2.